The van der Waals surface area contributed by atoms with Gasteiger partial charge in [0.2, 0.25) is 16.9 Å². The van der Waals surface area contributed by atoms with Crippen molar-refractivity contribution in [3.8, 4) is 5.75 Å². The van der Waals surface area contributed by atoms with Gasteiger partial charge in [0.25, 0.3) is 0 Å². The molecule has 0 unspecified atom stereocenters. The summed E-state index contributed by atoms with van der Waals surface area (Å²) in [5.41, 5.74) is 3.80. The molecule has 2 aromatic heterocycles. The van der Waals surface area contributed by atoms with Crippen molar-refractivity contribution in [2.24, 2.45) is 0 Å². The van der Waals surface area contributed by atoms with Crippen LogP contribution < -0.4 is 15.4 Å². The molecule has 8 nitrogen and oxygen atoms in total. The van der Waals surface area contributed by atoms with Crippen LogP contribution >= 0.6 is 23.1 Å². The zero-order valence-corrected chi connectivity index (χ0v) is 20.3. The smallest absolute Gasteiger partial charge is 0.226 e. The van der Waals surface area contributed by atoms with Crippen LogP contribution in [0.15, 0.2) is 59.1 Å². The molecule has 0 aliphatic heterocycles. The molecule has 0 bridgehead atoms. The summed E-state index contributed by atoms with van der Waals surface area (Å²) in [5, 5.41) is 14.9. The van der Waals surface area contributed by atoms with Crippen LogP contribution in [-0.2, 0) is 15.3 Å². The molecule has 0 aliphatic rings. The van der Waals surface area contributed by atoms with Gasteiger partial charge in [-0.05, 0) is 36.2 Å². The van der Waals surface area contributed by atoms with Gasteiger partial charge in [0.15, 0.2) is 4.34 Å². The summed E-state index contributed by atoms with van der Waals surface area (Å²) < 4.78 is 5.97. The second-order valence-electron chi connectivity index (χ2n) is 7.47. The van der Waals surface area contributed by atoms with Gasteiger partial charge in [-0.1, -0.05) is 47.4 Å². The lowest BCUT2D eigenvalue weighted by atomic mass is 10.1. The Bertz CT molecular complexity index is 1320. The largest absolute Gasteiger partial charge is 0.497 e. The van der Waals surface area contributed by atoms with Crippen LogP contribution in [0.3, 0.4) is 0 Å². The summed E-state index contributed by atoms with van der Waals surface area (Å²) >= 11 is 2.89. The number of aryl methyl sites for hydroxylation is 1. The van der Waals surface area contributed by atoms with E-state index in [0.29, 0.717) is 10.8 Å². The number of rotatable bonds is 9. The Labute approximate surface area is 205 Å². The predicted molar refractivity (Wildman–Crippen MR) is 135 cm³/mol. The number of fused-ring (bicyclic) bond motifs is 1. The molecular formula is C24H23N5O3S2. The minimum absolute atomic E-state index is 0.0370. The van der Waals surface area contributed by atoms with E-state index in [1.807, 2.05) is 36.4 Å². The molecule has 2 amide bonds. The van der Waals surface area contributed by atoms with Crippen molar-refractivity contribution in [1.29, 1.82) is 0 Å². The Morgan fingerprint density at radius 3 is 2.62 bits per heavy atom. The summed E-state index contributed by atoms with van der Waals surface area (Å²) in [5.74, 6) is 0.948. The van der Waals surface area contributed by atoms with Crippen LogP contribution in [-0.4, -0.2) is 34.1 Å². The number of carbonyl (C=O) groups excluding carboxylic acids is 2. The van der Waals surface area contributed by atoms with Gasteiger partial charge in [-0.2, -0.15) is 0 Å². The summed E-state index contributed by atoms with van der Waals surface area (Å²) in [4.78, 5) is 28.9. The average molecular weight is 494 g/mol. The standard InChI is InChI=1S/C24H23N5O3S2/c1-15-5-3-4-6-17(15)14-33-24-29-28-23(34-24)27-22(31)10-9-21(30)26-18-11-16-7-8-19(32-2)12-20(16)25-13-18/h3-8,11-13H,9-10,14H2,1-2H3,(H,26,30)(H,27,28,31). The summed E-state index contributed by atoms with van der Waals surface area (Å²) in [7, 11) is 1.60. The van der Waals surface area contributed by atoms with Crippen molar-refractivity contribution >= 4 is 56.6 Å². The number of carbonyl (C=O) groups is 2. The lowest BCUT2D eigenvalue weighted by Crippen LogP contribution is -2.17. The van der Waals surface area contributed by atoms with E-state index in [4.69, 9.17) is 4.74 Å². The van der Waals surface area contributed by atoms with E-state index >= 15 is 0 Å². The summed E-state index contributed by atoms with van der Waals surface area (Å²) in [6, 6.07) is 15.5. The Hall–Kier alpha value is -3.50. The van der Waals surface area contributed by atoms with E-state index < -0.39 is 0 Å². The Kier molecular flexibility index (Phi) is 7.71. The molecule has 2 N–H and O–H groups in total. The Morgan fingerprint density at radius 2 is 1.82 bits per heavy atom. The van der Waals surface area contributed by atoms with Gasteiger partial charge >= 0.3 is 0 Å². The highest BCUT2D eigenvalue weighted by molar-refractivity contribution is 8.00. The van der Waals surface area contributed by atoms with Gasteiger partial charge in [-0.25, -0.2) is 0 Å². The fourth-order valence-electron chi connectivity index (χ4n) is 3.16. The number of amides is 2. The zero-order chi connectivity index (χ0) is 23.9. The van der Waals surface area contributed by atoms with Crippen molar-refractivity contribution in [2.45, 2.75) is 29.9 Å². The number of pyridine rings is 1. The van der Waals surface area contributed by atoms with Gasteiger partial charge in [-0.3, -0.25) is 14.6 Å². The number of anilines is 2. The molecule has 0 atom stereocenters. The van der Waals surface area contributed by atoms with Crippen LogP contribution in [0.4, 0.5) is 10.8 Å². The SMILES string of the molecule is COc1ccc2cc(NC(=O)CCC(=O)Nc3nnc(SCc4ccccc4C)s3)cnc2c1. The molecule has 4 rings (SSSR count). The van der Waals surface area contributed by atoms with Gasteiger partial charge in [0.1, 0.15) is 5.75 Å². The zero-order valence-electron chi connectivity index (χ0n) is 18.7. The monoisotopic (exact) mass is 493 g/mol. The third-order valence-electron chi connectivity index (χ3n) is 5.02. The van der Waals surface area contributed by atoms with Crippen LogP contribution in [0.2, 0.25) is 0 Å². The maximum Gasteiger partial charge on any atom is 0.226 e. The van der Waals surface area contributed by atoms with Crippen molar-refractivity contribution in [2.75, 3.05) is 17.7 Å². The lowest BCUT2D eigenvalue weighted by Gasteiger charge is -2.07. The summed E-state index contributed by atoms with van der Waals surface area (Å²) in [6.45, 7) is 2.08. The van der Waals surface area contributed by atoms with Crippen LogP contribution in [0.5, 0.6) is 5.75 Å². The molecule has 4 aromatic rings. The normalized spacial score (nSPS) is 10.8. The van der Waals surface area contributed by atoms with E-state index in [1.165, 1.54) is 22.5 Å². The second kappa shape index (κ2) is 11.1. The van der Waals surface area contributed by atoms with Crippen LogP contribution in [0.1, 0.15) is 24.0 Å². The molecule has 0 aliphatic carbocycles. The molecule has 0 saturated heterocycles. The first kappa shape index (κ1) is 23.7. The molecule has 0 fully saturated rings. The molecule has 34 heavy (non-hydrogen) atoms. The van der Waals surface area contributed by atoms with E-state index in [0.717, 1.165) is 26.7 Å². The van der Waals surface area contributed by atoms with Crippen molar-refractivity contribution < 1.29 is 14.3 Å². The first-order valence-electron chi connectivity index (χ1n) is 10.5. The Balaban J connectivity index is 1.23. The molecule has 0 spiro atoms. The first-order valence-corrected chi connectivity index (χ1v) is 12.3. The van der Waals surface area contributed by atoms with Crippen LogP contribution in [0, 0.1) is 6.92 Å². The minimum atomic E-state index is -0.287. The molecule has 174 valence electrons. The molecule has 2 heterocycles. The van der Waals surface area contributed by atoms with E-state index in [1.54, 1.807) is 25.1 Å². The van der Waals surface area contributed by atoms with Gasteiger partial charge in [-0.15, -0.1) is 10.2 Å². The molecular weight excluding hydrogens is 470 g/mol. The molecule has 0 saturated carbocycles. The fourth-order valence-corrected chi connectivity index (χ4v) is 5.00. The number of aromatic nitrogens is 3. The highest BCUT2D eigenvalue weighted by atomic mass is 32.2. The van der Waals surface area contributed by atoms with Crippen molar-refractivity contribution in [3.05, 3.63) is 65.9 Å². The third kappa shape index (κ3) is 6.30. The quantitative estimate of drug-likeness (QED) is 0.248. The Morgan fingerprint density at radius 1 is 1.03 bits per heavy atom. The van der Waals surface area contributed by atoms with Crippen molar-refractivity contribution in [3.63, 3.8) is 0 Å². The first-order chi connectivity index (χ1) is 16.5. The van der Waals surface area contributed by atoms with E-state index in [-0.39, 0.29) is 24.7 Å². The van der Waals surface area contributed by atoms with Gasteiger partial charge < -0.3 is 15.4 Å². The molecule has 10 heteroatoms. The molecule has 0 radical (unpaired) electrons. The maximum atomic E-state index is 12.3. The number of methoxy groups -OCH3 is 1. The minimum Gasteiger partial charge on any atom is -0.497 e. The van der Waals surface area contributed by atoms with Gasteiger partial charge in [0.05, 0.1) is 24.5 Å². The highest BCUT2D eigenvalue weighted by Crippen LogP contribution is 2.29. The maximum absolute atomic E-state index is 12.3. The third-order valence-corrected chi connectivity index (χ3v) is 7.04. The number of hydrogen-bond acceptors (Lipinski definition) is 8. The number of thioether (sulfide) groups is 1. The number of nitrogens with one attached hydrogen (secondary N) is 2. The van der Waals surface area contributed by atoms with Crippen LogP contribution in [0.25, 0.3) is 10.9 Å². The topological polar surface area (TPSA) is 106 Å². The average Bonchev–Trinajstić information content (AvgIpc) is 3.29. The van der Waals surface area contributed by atoms with Gasteiger partial charge in [0, 0.05) is 30.0 Å². The predicted octanol–water partition coefficient (Wildman–Crippen LogP) is 5.05. The number of benzene rings is 2. The summed E-state index contributed by atoms with van der Waals surface area (Å²) in [6.07, 6.45) is 1.66. The highest BCUT2D eigenvalue weighted by Gasteiger charge is 2.12. The lowest BCUT2D eigenvalue weighted by molar-refractivity contribution is -0.121. The second-order valence-corrected chi connectivity index (χ2v) is 9.67. The van der Waals surface area contributed by atoms with Crippen molar-refractivity contribution in [1.82, 2.24) is 15.2 Å². The number of hydrogen-bond donors (Lipinski definition) is 2. The van der Waals surface area contributed by atoms with E-state index in [9.17, 15) is 9.59 Å². The number of nitrogens with zero attached hydrogens (tertiary/aromatic N) is 3. The number of ether oxygens (including phenoxy) is 1. The fraction of sp³-hybridized carbons (Fsp3) is 0.208. The molecule has 2 aromatic carbocycles. The van der Waals surface area contributed by atoms with E-state index in [2.05, 4.69) is 44.9 Å².